The number of nitrogens with zero attached hydrogens (tertiary/aromatic N) is 1. The van der Waals surface area contributed by atoms with Crippen molar-refractivity contribution in [1.29, 1.82) is 0 Å². The lowest BCUT2D eigenvalue weighted by Crippen LogP contribution is -2.49. The number of hydrogen-bond acceptors (Lipinski definition) is 6. The molecule has 0 bridgehead atoms. The summed E-state index contributed by atoms with van der Waals surface area (Å²) in [5.74, 6) is 0.535. The Bertz CT molecular complexity index is 973. The van der Waals surface area contributed by atoms with E-state index >= 15 is 0 Å². The van der Waals surface area contributed by atoms with Crippen LogP contribution in [0.25, 0.3) is 5.57 Å². The van der Waals surface area contributed by atoms with Gasteiger partial charge in [0, 0.05) is 17.3 Å². The van der Waals surface area contributed by atoms with E-state index in [1.807, 2.05) is 13.0 Å². The van der Waals surface area contributed by atoms with Gasteiger partial charge in [0.05, 0.1) is 19.8 Å². The lowest BCUT2D eigenvalue weighted by atomic mass is 9.78. The van der Waals surface area contributed by atoms with Gasteiger partial charge in [-0.2, -0.15) is 0 Å². The molecule has 0 amide bonds. The van der Waals surface area contributed by atoms with Crippen molar-refractivity contribution in [2.75, 3.05) is 20.4 Å². The Morgan fingerprint density at radius 3 is 2.66 bits per heavy atom. The predicted molar refractivity (Wildman–Crippen MR) is 105 cm³/mol. The van der Waals surface area contributed by atoms with Gasteiger partial charge < -0.3 is 24.2 Å². The first-order valence-electron chi connectivity index (χ1n) is 9.18. The van der Waals surface area contributed by atoms with Crippen molar-refractivity contribution in [2.45, 2.75) is 25.5 Å². The second-order valence-corrected chi connectivity index (χ2v) is 8.40. The monoisotopic (exact) mass is 419 g/mol. The molecule has 1 aromatic carbocycles. The summed E-state index contributed by atoms with van der Waals surface area (Å²) in [6.07, 6.45) is 4.01. The average Bonchev–Trinajstić information content (AvgIpc) is 3.14. The van der Waals surface area contributed by atoms with E-state index < -0.39 is 13.9 Å². The number of carbonyl (C=O) groups is 1. The minimum atomic E-state index is -4.68. The fourth-order valence-corrected chi connectivity index (χ4v) is 4.36. The molecule has 2 N–H and O–H groups in total. The maximum atomic E-state index is 13.4. The number of benzene rings is 1. The molecule has 1 saturated heterocycles. The molecular weight excluding hydrogens is 397 g/mol. The Morgan fingerprint density at radius 2 is 2.00 bits per heavy atom. The van der Waals surface area contributed by atoms with Gasteiger partial charge in [-0.05, 0) is 42.2 Å². The Kier molecular flexibility index (Phi) is 5.23. The molecule has 0 radical (unpaired) electrons. The van der Waals surface area contributed by atoms with Crippen LogP contribution >= 0.6 is 7.82 Å². The number of carbonyl (C=O) groups excluding carboxylic acids is 1. The zero-order chi connectivity index (χ0) is 20.8. The molecule has 29 heavy (non-hydrogen) atoms. The standard InChI is InChI=1S/C20H22NO7P/c1-12-9-14-7-8-27-20(14)18-17(12)19(22)16(10-21(18)11-28-29(23,24)25)13-3-5-15(26-2)6-4-13/h3-6,9-10,18,20H,7-8,11H2,1-2H3,(H2,23,24,25). The van der Waals surface area contributed by atoms with Crippen LogP contribution < -0.4 is 4.74 Å². The van der Waals surface area contributed by atoms with Crippen LogP contribution in [0.1, 0.15) is 18.9 Å². The molecule has 0 aromatic heterocycles. The summed E-state index contributed by atoms with van der Waals surface area (Å²) >= 11 is 0. The lowest BCUT2D eigenvalue weighted by Gasteiger charge is -2.41. The number of ether oxygens (including phenoxy) is 2. The van der Waals surface area contributed by atoms with Crippen LogP contribution in [-0.4, -0.2) is 53.1 Å². The second kappa shape index (κ2) is 7.55. The number of hydrogen-bond donors (Lipinski definition) is 2. The molecule has 0 saturated carbocycles. The van der Waals surface area contributed by atoms with Crippen LogP contribution in [0.3, 0.4) is 0 Å². The Morgan fingerprint density at radius 1 is 1.28 bits per heavy atom. The third-order valence-electron chi connectivity index (χ3n) is 5.38. The molecule has 1 aliphatic carbocycles. The van der Waals surface area contributed by atoms with E-state index in [0.29, 0.717) is 29.1 Å². The van der Waals surface area contributed by atoms with Gasteiger partial charge in [-0.15, -0.1) is 0 Å². The van der Waals surface area contributed by atoms with Crippen molar-refractivity contribution >= 4 is 19.2 Å². The third-order valence-corrected chi connectivity index (χ3v) is 5.83. The van der Waals surface area contributed by atoms with Crippen LogP contribution in [0.5, 0.6) is 5.75 Å². The highest BCUT2D eigenvalue weighted by Crippen LogP contribution is 2.43. The molecule has 1 aromatic rings. The summed E-state index contributed by atoms with van der Waals surface area (Å²) in [5.41, 5.74) is 3.56. The zero-order valence-corrected chi connectivity index (χ0v) is 17.0. The van der Waals surface area contributed by atoms with E-state index in [0.717, 1.165) is 17.6 Å². The van der Waals surface area contributed by atoms with Crippen LogP contribution in [0.15, 0.2) is 53.3 Å². The van der Waals surface area contributed by atoms with E-state index in [1.54, 1.807) is 42.5 Å². The van der Waals surface area contributed by atoms with E-state index in [-0.39, 0.29) is 18.6 Å². The van der Waals surface area contributed by atoms with Crippen LogP contribution in [0.4, 0.5) is 0 Å². The predicted octanol–water partition coefficient (Wildman–Crippen LogP) is 2.40. The highest BCUT2D eigenvalue weighted by atomic mass is 31.2. The second-order valence-electron chi connectivity index (χ2n) is 7.17. The number of Topliss-reactive ketones (excluding diaryl/α,β-unsaturated/α-hetero) is 1. The van der Waals surface area contributed by atoms with Crippen molar-refractivity contribution < 1.29 is 33.1 Å². The molecular formula is C20H22NO7P. The van der Waals surface area contributed by atoms with E-state index in [1.165, 1.54) is 0 Å². The Hall–Kier alpha value is -2.22. The van der Waals surface area contributed by atoms with Gasteiger partial charge >= 0.3 is 7.82 Å². The first kappa shape index (κ1) is 20.1. The van der Waals surface area contributed by atoms with Crippen molar-refractivity contribution in [2.24, 2.45) is 0 Å². The summed E-state index contributed by atoms with van der Waals surface area (Å²) in [6, 6.07) is 6.57. The number of ketones is 1. The number of methoxy groups -OCH3 is 1. The van der Waals surface area contributed by atoms with E-state index in [2.05, 4.69) is 0 Å². The Balaban J connectivity index is 1.79. The third kappa shape index (κ3) is 3.82. The average molecular weight is 419 g/mol. The molecule has 2 aliphatic heterocycles. The molecule has 0 spiro atoms. The highest BCUT2D eigenvalue weighted by molar-refractivity contribution is 7.46. The van der Waals surface area contributed by atoms with Crippen molar-refractivity contribution in [3.63, 3.8) is 0 Å². The van der Waals surface area contributed by atoms with E-state index in [4.69, 9.17) is 14.0 Å². The summed E-state index contributed by atoms with van der Waals surface area (Å²) < 4.78 is 27.1. The number of fused-ring (bicyclic) bond motifs is 3. The summed E-state index contributed by atoms with van der Waals surface area (Å²) in [4.78, 5) is 33.4. The minimum Gasteiger partial charge on any atom is -0.497 e. The molecule has 2 heterocycles. The van der Waals surface area contributed by atoms with Gasteiger partial charge in [0.25, 0.3) is 0 Å². The largest absolute Gasteiger partial charge is 0.497 e. The molecule has 9 heteroatoms. The van der Waals surface area contributed by atoms with Crippen molar-refractivity contribution in [1.82, 2.24) is 4.90 Å². The highest BCUT2D eigenvalue weighted by Gasteiger charge is 2.45. The summed E-state index contributed by atoms with van der Waals surface area (Å²) in [5, 5.41) is 0. The van der Waals surface area contributed by atoms with Crippen LogP contribution in [0, 0.1) is 0 Å². The smallest absolute Gasteiger partial charge is 0.471 e. The number of phosphoric acid groups is 1. The molecule has 4 rings (SSSR count). The minimum absolute atomic E-state index is 0.129. The van der Waals surface area contributed by atoms with Crippen molar-refractivity contribution in [3.05, 3.63) is 58.8 Å². The Labute approximate surface area is 168 Å². The molecule has 8 nitrogen and oxygen atoms in total. The lowest BCUT2D eigenvalue weighted by molar-refractivity contribution is -0.112. The fourth-order valence-electron chi connectivity index (χ4n) is 4.08. The number of rotatable bonds is 5. The summed E-state index contributed by atoms with van der Waals surface area (Å²) in [6.45, 7) is 2.05. The molecule has 3 aliphatic rings. The molecule has 154 valence electrons. The van der Waals surface area contributed by atoms with E-state index in [9.17, 15) is 19.1 Å². The van der Waals surface area contributed by atoms with Gasteiger partial charge in [0.15, 0.2) is 5.78 Å². The van der Waals surface area contributed by atoms with Gasteiger partial charge in [0.2, 0.25) is 0 Å². The van der Waals surface area contributed by atoms with Gasteiger partial charge in [0.1, 0.15) is 18.6 Å². The van der Waals surface area contributed by atoms with Gasteiger partial charge in [-0.1, -0.05) is 18.2 Å². The van der Waals surface area contributed by atoms with Crippen molar-refractivity contribution in [3.8, 4) is 5.75 Å². The SMILES string of the molecule is COc1ccc(C2=CN(COP(=O)(O)O)C3C(=C(C)C=C4CCOC43)C2=O)cc1. The van der Waals surface area contributed by atoms with Crippen LogP contribution in [-0.2, 0) is 18.6 Å². The molecule has 2 atom stereocenters. The normalized spacial score (nSPS) is 24.1. The van der Waals surface area contributed by atoms with Crippen LogP contribution in [0.2, 0.25) is 0 Å². The van der Waals surface area contributed by atoms with Gasteiger partial charge in [-0.25, -0.2) is 4.57 Å². The first-order chi connectivity index (χ1) is 13.8. The molecule has 1 fully saturated rings. The first-order valence-corrected chi connectivity index (χ1v) is 10.7. The van der Waals surface area contributed by atoms with Gasteiger partial charge in [-0.3, -0.25) is 9.32 Å². The zero-order valence-electron chi connectivity index (χ0n) is 16.1. The number of phosphoric ester groups is 1. The maximum Gasteiger partial charge on any atom is 0.471 e. The fraction of sp³-hybridized carbons (Fsp3) is 0.350. The summed E-state index contributed by atoms with van der Waals surface area (Å²) in [7, 11) is -3.12. The molecule has 2 unspecified atom stereocenters. The maximum absolute atomic E-state index is 13.4. The topological polar surface area (TPSA) is 106 Å². The quantitative estimate of drug-likeness (QED) is 0.701. The number of allylic oxidation sites excluding steroid dienone is 3.